The number of methoxy groups -OCH3 is 1. The van der Waals surface area contributed by atoms with Gasteiger partial charge < -0.3 is 14.9 Å². The maximum absolute atomic E-state index is 12.7. The maximum atomic E-state index is 12.7. The number of rotatable bonds is 4. The molecular weight excluding hydrogens is 276 g/mol. The standard InChI is InChI=1S/C7H7F2N3O5S/c1-17-4-2-3(6(8)9)5(18(10,15)16)7(11-4)12(13)14/h2,6H,1H3,(H2,10,15,16). The highest BCUT2D eigenvalue weighted by molar-refractivity contribution is 7.89. The highest BCUT2D eigenvalue weighted by atomic mass is 32.2. The lowest BCUT2D eigenvalue weighted by atomic mass is 10.2. The molecule has 1 aromatic rings. The van der Waals surface area contributed by atoms with Crippen molar-refractivity contribution in [3.8, 4) is 5.88 Å². The Bertz CT molecular complexity index is 589. The predicted molar refractivity (Wildman–Crippen MR) is 53.8 cm³/mol. The summed E-state index contributed by atoms with van der Waals surface area (Å²) >= 11 is 0. The lowest BCUT2D eigenvalue weighted by molar-refractivity contribution is -0.392. The lowest BCUT2D eigenvalue weighted by Crippen LogP contribution is -2.18. The van der Waals surface area contributed by atoms with Gasteiger partial charge in [-0.1, -0.05) is 0 Å². The Morgan fingerprint density at radius 3 is 2.44 bits per heavy atom. The minimum absolute atomic E-state index is 0.510. The SMILES string of the molecule is COc1cc(C(F)F)c(S(N)(=O)=O)c([N+](=O)[O-])n1. The molecule has 0 bridgehead atoms. The normalized spacial score (nSPS) is 11.6. The van der Waals surface area contributed by atoms with E-state index < -0.39 is 43.5 Å². The molecule has 0 saturated carbocycles. The molecule has 11 heteroatoms. The van der Waals surface area contributed by atoms with E-state index in [0.29, 0.717) is 6.07 Å². The number of sulfonamides is 1. The molecule has 2 N–H and O–H groups in total. The number of pyridine rings is 1. The number of halogens is 2. The minimum atomic E-state index is -4.72. The van der Waals surface area contributed by atoms with Gasteiger partial charge in [-0.2, -0.15) is 0 Å². The van der Waals surface area contributed by atoms with E-state index in [1.54, 1.807) is 0 Å². The van der Waals surface area contributed by atoms with Crippen LogP contribution in [0.25, 0.3) is 0 Å². The second kappa shape index (κ2) is 4.78. The number of aromatic nitrogens is 1. The molecule has 0 saturated heterocycles. The summed E-state index contributed by atoms with van der Waals surface area (Å²) in [5.41, 5.74) is -1.13. The van der Waals surface area contributed by atoms with Gasteiger partial charge in [-0.25, -0.2) is 22.3 Å². The van der Waals surface area contributed by atoms with Gasteiger partial charge in [0.2, 0.25) is 10.0 Å². The highest BCUT2D eigenvalue weighted by Crippen LogP contribution is 2.34. The van der Waals surface area contributed by atoms with Gasteiger partial charge in [-0.3, -0.25) is 0 Å². The average Bonchev–Trinajstić information content (AvgIpc) is 2.25. The van der Waals surface area contributed by atoms with E-state index in [2.05, 4.69) is 14.9 Å². The molecule has 0 unspecified atom stereocenters. The van der Waals surface area contributed by atoms with Crippen LogP contribution in [0, 0.1) is 10.1 Å². The van der Waals surface area contributed by atoms with Crippen molar-refractivity contribution < 1.29 is 26.9 Å². The number of nitrogens with two attached hydrogens (primary N) is 1. The van der Waals surface area contributed by atoms with Crippen LogP contribution in [0.3, 0.4) is 0 Å². The van der Waals surface area contributed by atoms with Crippen LogP contribution in [-0.2, 0) is 10.0 Å². The molecule has 0 aliphatic carbocycles. The summed E-state index contributed by atoms with van der Waals surface area (Å²) in [5, 5.41) is 15.3. The zero-order valence-electron chi connectivity index (χ0n) is 8.83. The fourth-order valence-corrected chi connectivity index (χ4v) is 2.05. The Kier molecular flexibility index (Phi) is 3.76. The van der Waals surface area contributed by atoms with Crippen molar-refractivity contribution in [1.82, 2.24) is 4.98 Å². The molecule has 0 aromatic carbocycles. The first kappa shape index (κ1) is 14.2. The van der Waals surface area contributed by atoms with Gasteiger partial charge in [-0.15, -0.1) is 0 Å². The van der Waals surface area contributed by atoms with Crippen molar-refractivity contribution in [3.63, 3.8) is 0 Å². The molecule has 1 heterocycles. The Hall–Kier alpha value is -1.88. The van der Waals surface area contributed by atoms with Gasteiger partial charge in [0.25, 0.3) is 6.43 Å². The molecule has 0 radical (unpaired) electrons. The quantitative estimate of drug-likeness (QED) is 0.636. The summed E-state index contributed by atoms with van der Waals surface area (Å²) < 4.78 is 52.1. The molecule has 0 aliphatic heterocycles. The van der Waals surface area contributed by atoms with Crippen LogP contribution in [-0.4, -0.2) is 25.4 Å². The molecule has 0 spiro atoms. The number of nitrogens with zero attached hydrogens (tertiary/aromatic N) is 2. The fourth-order valence-electron chi connectivity index (χ4n) is 1.20. The predicted octanol–water partition coefficient (Wildman–Crippen LogP) is 0.583. The van der Waals surface area contributed by atoms with Gasteiger partial charge in [0.15, 0.2) is 4.90 Å². The first-order chi connectivity index (χ1) is 8.18. The monoisotopic (exact) mass is 283 g/mol. The second-order valence-corrected chi connectivity index (χ2v) is 4.51. The Balaban J connectivity index is 3.78. The van der Waals surface area contributed by atoms with Crippen LogP contribution < -0.4 is 9.88 Å². The number of alkyl halides is 2. The van der Waals surface area contributed by atoms with Gasteiger partial charge in [0.05, 0.1) is 12.7 Å². The van der Waals surface area contributed by atoms with E-state index in [4.69, 9.17) is 0 Å². The lowest BCUT2D eigenvalue weighted by Gasteiger charge is -2.07. The third-order valence-corrected chi connectivity index (χ3v) is 2.85. The zero-order valence-corrected chi connectivity index (χ0v) is 9.65. The van der Waals surface area contributed by atoms with Crippen LogP contribution >= 0.6 is 0 Å². The van der Waals surface area contributed by atoms with E-state index in [1.807, 2.05) is 0 Å². The number of nitro groups is 1. The Morgan fingerprint density at radius 1 is 1.56 bits per heavy atom. The highest BCUT2D eigenvalue weighted by Gasteiger charge is 2.34. The third-order valence-electron chi connectivity index (χ3n) is 1.86. The smallest absolute Gasteiger partial charge is 0.388 e. The van der Waals surface area contributed by atoms with Gasteiger partial charge in [0, 0.05) is 11.1 Å². The number of primary sulfonamides is 1. The molecule has 18 heavy (non-hydrogen) atoms. The molecule has 0 aliphatic rings. The molecule has 0 atom stereocenters. The average molecular weight is 283 g/mol. The zero-order chi connectivity index (χ0) is 14.1. The first-order valence-electron chi connectivity index (χ1n) is 4.22. The van der Waals surface area contributed by atoms with E-state index in [9.17, 15) is 27.3 Å². The Labute approximate surface area is 99.6 Å². The number of hydrogen-bond donors (Lipinski definition) is 1. The van der Waals surface area contributed by atoms with Crippen LogP contribution in [0.2, 0.25) is 0 Å². The number of hydrogen-bond acceptors (Lipinski definition) is 6. The van der Waals surface area contributed by atoms with E-state index in [1.165, 1.54) is 0 Å². The second-order valence-electron chi connectivity index (χ2n) is 3.01. The molecule has 0 amide bonds. The van der Waals surface area contributed by atoms with Crippen molar-refractivity contribution in [1.29, 1.82) is 0 Å². The van der Waals surface area contributed by atoms with Crippen molar-refractivity contribution in [2.24, 2.45) is 5.14 Å². The first-order valence-corrected chi connectivity index (χ1v) is 5.77. The Morgan fingerprint density at radius 2 is 2.11 bits per heavy atom. The van der Waals surface area contributed by atoms with Crippen LogP contribution in [0.5, 0.6) is 5.88 Å². The van der Waals surface area contributed by atoms with Crippen LogP contribution in [0.15, 0.2) is 11.0 Å². The van der Waals surface area contributed by atoms with Crippen LogP contribution in [0.1, 0.15) is 12.0 Å². The van der Waals surface area contributed by atoms with Gasteiger partial charge in [0.1, 0.15) is 0 Å². The number of ether oxygens (including phenoxy) is 1. The summed E-state index contributed by atoms with van der Waals surface area (Å²) in [6, 6.07) is 0.581. The largest absolute Gasteiger partial charge is 0.463 e. The van der Waals surface area contributed by atoms with Crippen molar-refractivity contribution >= 4 is 15.8 Å². The molecule has 1 rings (SSSR count). The van der Waals surface area contributed by atoms with E-state index in [0.717, 1.165) is 7.11 Å². The van der Waals surface area contributed by atoms with E-state index >= 15 is 0 Å². The summed E-state index contributed by atoms with van der Waals surface area (Å²) in [7, 11) is -3.68. The molecular formula is C7H7F2N3O5S. The van der Waals surface area contributed by atoms with E-state index in [-0.39, 0.29) is 0 Å². The topological polar surface area (TPSA) is 125 Å². The maximum Gasteiger partial charge on any atom is 0.388 e. The van der Waals surface area contributed by atoms with Gasteiger partial charge >= 0.3 is 11.7 Å². The molecule has 8 nitrogen and oxygen atoms in total. The molecule has 0 fully saturated rings. The van der Waals surface area contributed by atoms with Crippen molar-refractivity contribution in [2.45, 2.75) is 11.3 Å². The summed E-state index contributed by atoms with van der Waals surface area (Å²) in [4.78, 5) is 11.3. The summed E-state index contributed by atoms with van der Waals surface area (Å²) in [6.45, 7) is 0. The molecule has 100 valence electrons. The summed E-state index contributed by atoms with van der Waals surface area (Å²) in [5.74, 6) is -1.81. The summed E-state index contributed by atoms with van der Waals surface area (Å²) in [6.07, 6.45) is -3.28. The third kappa shape index (κ3) is 2.68. The van der Waals surface area contributed by atoms with Gasteiger partial charge in [-0.05, 0) is 4.92 Å². The minimum Gasteiger partial charge on any atom is -0.463 e. The van der Waals surface area contributed by atoms with Crippen molar-refractivity contribution in [3.05, 3.63) is 21.7 Å². The fraction of sp³-hybridized carbons (Fsp3) is 0.286. The van der Waals surface area contributed by atoms with Crippen LogP contribution in [0.4, 0.5) is 14.6 Å². The molecule has 1 aromatic heterocycles. The van der Waals surface area contributed by atoms with Crippen molar-refractivity contribution in [2.75, 3.05) is 7.11 Å².